The van der Waals surface area contributed by atoms with Gasteiger partial charge >= 0.3 is 0 Å². The van der Waals surface area contributed by atoms with Crippen molar-refractivity contribution < 1.29 is 24.2 Å². The number of nitrogens with one attached hydrogen (secondary N) is 1. The van der Waals surface area contributed by atoms with Gasteiger partial charge in [0.05, 0.1) is 12.7 Å². The van der Waals surface area contributed by atoms with E-state index in [0.29, 0.717) is 0 Å². The maximum atomic E-state index is 12.2. The van der Waals surface area contributed by atoms with Crippen LogP contribution < -0.4 is 10.1 Å². The van der Waals surface area contributed by atoms with E-state index in [2.05, 4.69) is 5.32 Å². The van der Waals surface area contributed by atoms with Gasteiger partial charge in [-0.1, -0.05) is 6.07 Å². The Labute approximate surface area is 121 Å². The van der Waals surface area contributed by atoms with E-state index in [0.717, 1.165) is 4.90 Å². The van der Waals surface area contributed by atoms with Crippen LogP contribution in [0.3, 0.4) is 0 Å². The first-order valence-corrected chi connectivity index (χ1v) is 6.43. The van der Waals surface area contributed by atoms with Gasteiger partial charge in [0, 0.05) is 13.5 Å². The van der Waals surface area contributed by atoms with Crippen molar-refractivity contribution >= 4 is 17.7 Å². The lowest BCUT2D eigenvalue weighted by atomic mass is 10.0. The number of likely N-dealkylation sites (tertiary alicyclic amines) is 1. The number of para-hydroxylation sites is 1. The highest BCUT2D eigenvalue weighted by Crippen LogP contribution is 2.29. The number of hydrogen-bond acceptors (Lipinski definition) is 5. The van der Waals surface area contributed by atoms with Crippen LogP contribution in [-0.4, -0.2) is 47.9 Å². The zero-order chi connectivity index (χ0) is 15.6. The lowest BCUT2D eigenvalue weighted by molar-refractivity contribution is -0.147. The van der Waals surface area contributed by atoms with Crippen LogP contribution in [-0.2, 0) is 9.59 Å². The minimum Gasteiger partial charge on any atom is -0.504 e. The largest absolute Gasteiger partial charge is 0.504 e. The normalized spacial score (nSPS) is 18.6. The maximum Gasteiger partial charge on any atom is 0.255 e. The molecule has 2 rings (SSSR count). The van der Waals surface area contributed by atoms with Crippen molar-refractivity contribution in [1.29, 1.82) is 0 Å². The number of imide groups is 1. The Bertz CT molecular complexity index is 599. The number of piperidine rings is 1. The monoisotopic (exact) mass is 292 g/mol. The quantitative estimate of drug-likeness (QED) is 0.780. The number of carbonyl (C=O) groups excluding carboxylic acids is 3. The Morgan fingerprint density at radius 1 is 1.43 bits per heavy atom. The molecule has 7 heteroatoms. The SMILES string of the molecule is COc1cccc(C(=O)NC2CCC(=O)N(C)C2=O)c1O. The van der Waals surface area contributed by atoms with Gasteiger partial charge in [-0.2, -0.15) is 0 Å². The van der Waals surface area contributed by atoms with Crippen molar-refractivity contribution in [3.05, 3.63) is 23.8 Å². The van der Waals surface area contributed by atoms with Crippen LogP contribution in [0.1, 0.15) is 23.2 Å². The highest BCUT2D eigenvalue weighted by molar-refractivity contribution is 6.04. The fourth-order valence-electron chi connectivity index (χ4n) is 2.16. The number of ether oxygens (including phenoxy) is 1. The number of phenolic OH excluding ortho intramolecular Hbond substituents is 1. The van der Waals surface area contributed by atoms with Crippen molar-refractivity contribution in [3.8, 4) is 11.5 Å². The van der Waals surface area contributed by atoms with Gasteiger partial charge in [0.25, 0.3) is 11.8 Å². The molecule has 21 heavy (non-hydrogen) atoms. The third-order valence-electron chi connectivity index (χ3n) is 3.42. The molecular weight excluding hydrogens is 276 g/mol. The standard InChI is InChI=1S/C14H16N2O5/c1-16-11(17)7-6-9(14(16)20)15-13(19)8-4-3-5-10(21-2)12(8)18/h3-5,9,18H,6-7H2,1-2H3,(H,15,19). The van der Waals surface area contributed by atoms with Gasteiger partial charge < -0.3 is 15.2 Å². The Morgan fingerprint density at radius 3 is 2.81 bits per heavy atom. The average Bonchev–Trinajstić information content (AvgIpc) is 2.48. The maximum absolute atomic E-state index is 12.2. The van der Waals surface area contributed by atoms with Gasteiger partial charge in [0.2, 0.25) is 5.91 Å². The summed E-state index contributed by atoms with van der Waals surface area (Å²) in [7, 11) is 2.76. The van der Waals surface area contributed by atoms with Crippen molar-refractivity contribution in [3.63, 3.8) is 0 Å². The van der Waals surface area contributed by atoms with E-state index in [1.807, 2.05) is 0 Å². The molecule has 7 nitrogen and oxygen atoms in total. The molecule has 0 aliphatic carbocycles. The minimum absolute atomic E-state index is 0.0155. The van der Waals surface area contributed by atoms with Gasteiger partial charge in [-0.15, -0.1) is 0 Å². The number of rotatable bonds is 3. The number of hydrogen-bond donors (Lipinski definition) is 2. The summed E-state index contributed by atoms with van der Waals surface area (Å²) >= 11 is 0. The molecule has 3 amide bonds. The van der Waals surface area contributed by atoms with Crippen molar-refractivity contribution in [2.24, 2.45) is 0 Å². The number of benzene rings is 1. The second-order valence-electron chi connectivity index (χ2n) is 4.71. The summed E-state index contributed by atoms with van der Waals surface area (Å²) in [6, 6.07) is 3.73. The number of aromatic hydroxyl groups is 1. The van der Waals surface area contributed by atoms with Gasteiger partial charge in [0.1, 0.15) is 6.04 Å². The summed E-state index contributed by atoms with van der Waals surface area (Å²) in [6.45, 7) is 0. The number of likely N-dealkylation sites (N-methyl/N-ethyl adjacent to an activating group) is 1. The van der Waals surface area contributed by atoms with Crippen molar-refractivity contribution in [2.45, 2.75) is 18.9 Å². The Hall–Kier alpha value is -2.57. The summed E-state index contributed by atoms with van der Waals surface area (Å²) in [5, 5.41) is 12.4. The fourth-order valence-corrected chi connectivity index (χ4v) is 2.16. The molecule has 0 spiro atoms. The Balaban J connectivity index is 2.15. The molecule has 1 saturated heterocycles. The van der Waals surface area contributed by atoms with Gasteiger partial charge in [-0.05, 0) is 18.6 Å². The second-order valence-corrected chi connectivity index (χ2v) is 4.71. The Morgan fingerprint density at radius 2 is 2.14 bits per heavy atom. The van der Waals surface area contributed by atoms with Crippen molar-refractivity contribution in [2.75, 3.05) is 14.2 Å². The van der Waals surface area contributed by atoms with E-state index in [9.17, 15) is 19.5 Å². The van der Waals surface area contributed by atoms with Crippen LogP contribution in [0.15, 0.2) is 18.2 Å². The summed E-state index contributed by atoms with van der Waals surface area (Å²) in [4.78, 5) is 36.4. The smallest absolute Gasteiger partial charge is 0.255 e. The van der Waals surface area contributed by atoms with E-state index in [1.54, 1.807) is 6.07 Å². The van der Waals surface area contributed by atoms with Gasteiger partial charge in [-0.3, -0.25) is 19.3 Å². The Kier molecular flexibility index (Phi) is 4.11. The fraction of sp³-hybridized carbons (Fsp3) is 0.357. The first kappa shape index (κ1) is 14.8. The van der Waals surface area contributed by atoms with Crippen LogP contribution in [0, 0.1) is 0 Å². The zero-order valence-corrected chi connectivity index (χ0v) is 11.8. The molecule has 0 radical (unpaired) electrons. The number of nitrogens with zero attached hydrogens (tertiary/aromatic N) is 1. The molecule has 1 aliphatic heterocycles. The highest BCUT2D eigenvalue weighted by Gasteiger charge is 2.33. The van der Waals surface area contributed by atoms with Crippen LogP contribution in [0.4, 0.5) is 0 Å². The van der Waals surface area contributed by atoms with E-state index in [4.69, 9.17) is 4.74 Å². The topological polar surface area (TPSA) is 95.9 Å². The van der Waals surface area contributed by atoms with Gasteiger partial charge in [0.15, 0.2) is 11.5 Å². The number of methoxy groups -OCH3 is 1. The summed E-state index contributed by atoms with van der Waals surface area (Å²) < 4.78 is 4.93. The third-order valence-corrected chi connectivity index (χ3v) is 3.42. The third kappa shape index (κ3) is 2.81. The lowest BCUT2D eigenvalue weighted by Gasteiger charge is -2.28. The molecule has 1 aromatic rings. The van der Waals surface area contributed by atoms with E-state index in [-0.39, 0.29) is 35.8 Å². The predicted molar refractivity (Wildman–Crippen MR) is 72.9 cm³/mol. The van der Waals surface area contributed by atoms with Crippen LogP contribution in [0.2, 0.25) is 0 Å². The second kappa shape index (κ2) is 5.82. The van der Waals surface area contributed by atoms with Crippen LogP contribution in [0.5, 0.6) is 11.5 Å². The van der Waals surface area contributed by atoms with E-state index < -0.39 is 17.9 Å². The first-order valence-electron chi connectivity index (χ1n) is 6.43. The number of amides is 3. The molecular formula is C14H16N2O5. The number of carbonyl (C=O) groups is 3. The average molecular weight is 292 g/mol. The molecule has 2 N–H and O–H groups in total. The molecule has 1 heterocycles. The van der Waals surface area contributed by atoms with E-state index in [1.165, 1.54) is 26.3 Å². The predicted octanol–water partition coefficient (Wildman–Crippen LogP) is 0.278. The molecule has 0 aromatic heterocycles. The summed E-state index contributed by atoms with van der Waals surface area (Å²) in [5.74, 6) is -1.43. The number of phenols is 1. The first-order chi connectivity index (χ1) is 9.95. The molecule has 1 aromatic carbocycles. The summed E-state index contributed by atoms with van der Waals surface area (Å²) in [6.07, 6.45) is 0.440. The van der Waals surface area contributed by atoms with E-state index >= 15 is 0 Å². The summed E-state index contributed by atoms with van der Waals surface area (Å²) in [5.41, 5.74) is 0.0155. The van der Waals surface area contributed by atoms with Gasteiger partial charge in [-0.25, -0.2) is 0 Å². The molecule has 0 bridgehead atoms. The molecule has 1 fully saturated rings. The minimum atomic E-state index is -0.772. The van der Waals surface area contributed by atoms with Crippen LogP contribution in [0.25, 0.3) is 0 Å². The van der Waals surface area contributed by atoms with Crippen LogP contribution >= 0.6 is 0 Å². The molecule has 1 aliphatic rings. The van der Waals surface area contributed by atoms with Crippen molar-refractivity contribution in [1.82, 2.24) is 10.2 Å². The molecule has 1 unspecified atom stereocenters. The zero-order valence-electron chi connectivity index (χ0n) is 11.8. The highest BCUT2D eigenvalue weighted by atomic mass is 16.5. The molecule has 1 atom stereocenters. The molecule has 0 saturated carbocycles. The lowest BCUT2D eigenvalue weighted by Crippen LogP contribution is -2.52. The molecule has 112 valence electrons.